The van der Waals surface area contributed by atoms with Gasteiger partial charge in [-0.05, 0) is 43.2 Å². The quantitative estimate of drug-likeness (QED) is 0.568. The van der Waals surface area contributed by atoms with E-state index in [1.165, 1.54) is 5.56 Å². The molecule has 0 aliphatic carbocycles. The topological polar surface area (TPSA) is 73.1 Å². The Morgan fingerprint density at radius 2 is 1.81 bits per heavy atom. The summed E-state index contributed by atoms with van der Waals surface area (Å²) in [5.41, 5.74) is 5.50. The first-order chi connectivity index (χ1) is 10.2. The lowest BCUT2D eigenvalue weighted by atomic mass is 10.1. The van der Waals surface area contributed by atoms with Gasteiger partial charge in [0, 0.05) is 0 Å². The molecule has 1 aromatic heterocycles. The van der Waals surface area contributed by atoms with Crippen molar-refractivity contribution in [2.24, 2.45) is 5.84 Å². The molecule has 0 amide bonds. The Labute approximate surface area is 122 Å². The van der Waals surface area contributed by atoms with E-state index < -0.39 is 0 Å². The molecule has 106 valence electrons. The summed E-state index contributed by atoms with van der Waals surface area (Å²) in [6.07, 6.45) is 0. The number of nitrogens with two attached hydrogens (primary N) is 1. The monoisotopic (exact) mass is 280 g/mol. The second-order valence-electron chi connectivity index (χ2n) is 4.81. The zero-order valence-electron chi connectivity index (χ0n) is 11.9. The van der Waals surface area contributed by atoms with Crippen LogP contribution in [0.5, 0.6) is 11.6 Å². The third-order valence-corrected chi connectivity index (χ3v) is 3.46. The summed E-state index contributed by atoms with van der Waals surface area (Å²) in [4.78, 5) is 8.62. The molecule has 0 aliphatic heterocycles. The Balaban J connectivity index is 2.13. The van der Waals surface area contributed by atoms with Gasteiger partial charge in [-0.1, -0.05) is 24.3 Å². The largest absolute Gasteiger partial charge is 0.438 e. The molecule has 0 saturated carbocycles. The van der Waals surface area contributed by atoms with Crippen LogP contribution in [0.1, 0.15) is 11.1 Å². The van der Waals surface area contributed by atoms with Crippen molar-refractivity contribution in [1.29, 1.82) is 0 Å². The minimum atomic E-state index is 0.328. The molecular weight excluding hydrogens is 264 g/mol. The molecule has 1 heterocycles. The molecule has 5 nitrogen and oxygen atoms in total. The summed E-state index contributed by atoms with van der Waals surface area (Å²) in [6, 6.07) is 13.6. The zero-order valence-corrected chi connectivity index (χ0v) is 11.9. The van der Waals surface area contributed by atoms with Gasteiger partial charge in [-0.25, -0.2) is 10.8 Å². The van der Waals surface area contributed by atoms with E-state index in [1.807, 2.05) is 56.3 Å². The molecule has 5 heteroatoms. The number of nitrogens with one attached hydrogen (secondary N) is 1. The maximum Gasteiger partial charge on any atom is 0.241 e. The first-order valence-electron chi connectivity index (χ1n) is 6.66. The number of fused-ring (bicyclic) bond motifs is 1. The maximum absolute atomic E-state index is 6.00. The minimum absolute atomic E-state index is 0.328. The van der Waals surface area contributed by atoms with Crippen molar-refractivity contribution < 1.29 is 4.74 Å². The van der Waals surface area contributed by atoms with Crippen molar-refractivity contribution >= 4 is 16.9 Å². The molecule has 0 saturated heterocycles. The predicted molar refractivity (Wildman–Crippen MR) is 83.3 cm³/mol. The van der Waals surface area contributed by atoms with Gasteiger partial charge in [-0.2, -0.15) is 4.98 Å². The van der Waals surface area contributed by atoms with Crippen LogP contribution in [0.2, 0.25) is 0 Å². The first kappa shape index (κ1) is 13.3. The normalized spacial score (nSPS) is 10.6. The molecule has 0 radical (unpaired) electrons. The van der Waals surface area contributed by atoms with E-state index in [-0.39, 0.29) is 0 Å². The van der Waals surface area contributed by atoms with Crippen LogP contribution in [0.3, 0.4) is 0 Å². The van der Waals surface area contributed by atoms with Gasteiger partial charge in [0.1, 0.15) is 5.75 Å². The fourth-order valence-electron chi connectivity index (χ4n) is 2.13. The Morgan fingerprint density at radius 3 is 2.62 bits per heavy atom. The highest BCUT2D eigenvalue weighted by Crippen LogP contribution is 2.30. The number of rotatable bonds is 3. The van der Waals surface area contributed by atoms with E-state index in [1.54, 1.807) is 0 Å². The van der Waals surface area contributed by atoms with E-state index in [2.05, 4.69) is 15.4 Å². The Kier molecular flexibility index (Phi) is 3.41. The number of hydrogen-bond acceptors (Lipinski definition) is 5. The van der Waals surface area contributed by atoms with Crippen LogP contribution in [0.25, 0.3) is 10.9 Å². The SMILES string of the molecule is Cc1cccc(Oc2nc(NN)nc3ccccc23)c1C. The number of hydrazine groups is 1. The Bertz CT molecular complexity index is 801. The summed E-state index contributed by atoms with van der Waals surface area (Å²) < 4.78 is 6.00. The number of hydrogen-bond donors (Lipinski definition) is 2. The minimum Gasteiger partial charge on any atom is -0.438 e. The third kappa shape index (κ3) is 2.51. The van der Waals surface area contributed by atoms with Crippen molar-refractivity contribution in [2.45, 2.75) is 13.8 Å². The van der Waals surface area contributed by atoms with Gasteiger partial charge in [0.15, 0.2) is 0 Å². The van der Waals surface area contributed by atoms with Crippen molar-refractivity contribution in [3.8, 4) is 11.6 Å². The number of aryl methyl sites for hydroxylation is 1. The standard InChI is InChI=1S/C16H16N4O/c1-10-6-5-9-14(11(10)2)21-15-12-7-3-4-8-13(12)18-16(19-15)20-17/h3-9H,17H2,1-2H3,(H,18,19,20). The molecule has 0 unspecified atom stereocenters. The second kappa shape index (κ2) is 5.38. The van der Waals surface area contributed by atoms with E-state index in [0.29, 0.717) is 11.8 Å². The number of nitrogen functional groups attached to an aromatic ring is 1. The van der Waals surface area contributed by atoms with Gasteiger partial charge in [0.05, 0.1) is 10.9 Å². The molecule has 0 spiro atoms. The Morgan fingerprint density at radius 1 is 1.00 bits per heavy atom. The number of anilines is 1. The number of nitrogens with zero attached hydrogens (tertiary/aromatic N) is 2. The number of aromatic nitrogens is 2. The van der Waals surface area contributed by atoms with Crippen LogP contribution in [0, 0.1) is 13.8 Å². The van der Waals surface area contributed by atoms with E-state index in [0.717, 1.165) is 22.2 Å². The predicted octanol–water partition coefficient (Wildman–Crippen LogP) is 3.32. The van der Waals surface area contributed by atoms with E-state index in [9.17, 15) is 0 Å². The molecule has 2 aromatic carbocycles. The number of ether oxygens (including phenoxy) is 1. The molecule has 0 atom stereocenters. The molecule has 3 rings (SSSR count). The molecule has 0 aliphatic rings. The van der Waals surface area contributed by atoms with Crippen LogP contribution in [-0.2, 0) is 0 Å². The fourth-order valence-corrected chi connectivity index (χ4v) is 2.13. The average Bonchev–Trinajstić information content (AvgIpc) is 2.51. The smallest absolute Gasteiger partial charge is 0.241 e. The Hall–Kier alpha value is -2.66. The summed E-state index contributed by atoms with van der Waals surface area (Å²) in [5, 5.41) is 0.845. The second-order valence-corrected chi connectivity index (χ2v) is 4.81. The van der Waals surface area contributed by atoms with Crippen molar-refractivity contribution in [3.63, 3.8) is 0 Å². The maximum atomic E-state index is 6.00. The van der Waals surface area contributed by atoms with Crippen molar-refractivity contribution in [1.82, 2.24) is 9.97 Å². The number of para-hydroxylation sites is 1. The van der Waals surface area contributed by atoms with Gasteiger partial charge in [-0.15, -0.1) is 0 Å². The highest BCUT2D eigenvalue weighted by molar-refractivity contribution is 5.84. The summed E-state index contributed by atoms with van der Waals surface area (Å²) >= 11 is 0. The van der Waals surface area contributed by atoms with E-state index >= 15 is 0 Å². The highest BCUT2D eigenvalue weighted by Gasteiger charge is 2.11. The lowest BCUT2D eigenvalue weighted by Gasteiger charge is -2.12. The first-order valence-corrected chi connectivity index (χ1v) is 6.66. The molecule has 3 N–H and O–H groups in total. The van der Waals surface area contributed by atoms with Gasteiger partial charge in [0.2, 0.25) is 11.8 Å². The summed E-state index contributed by atoms with van der Waals surface area (Å²) in [6.45, 7) is 4.07. The highest BCUT2D eigenvalue weighted by atomic mass is 16.5. The zero-order chi connectivity index (χ0) is 14.8. The van der Waals surface area contributed by atoms with Crippen LogP contribution < -0.4 is 16.0 Å². The van der Waals surface area contributed by atoms with Gasteiger partial charge in [-0.3, -0.25) is 5.43 Å². The lowest BCUT2D eigenvalue weighted by molar-refractivity contribution is 0.465. The van der Waals surface area contributed by atoms with Crippen LogP contribution in [0.4, 0.5) is 5.95 Å². The molecule has 21 heavy (non-hydrogen) atoms. The number of benzene rings is 2. The van der Waals surface area contributed by atoms with Gasteiger partial charge >= 0.3 is 0 Å². The molecule has 3 aromatic rings. The van der Waals surface area contributed by atoms with E-state index in [4.69, 9.17) is 10.6 Å². The van der Waals surface area contributed by atoms with Gasteiger partial charge in [0.25, 0.3) is 0 Å². The molecular formula is C16H16N4O. The van der Waals surface area contributed by atoms with Crippen molar-refractivity contribution in [3.05, 3.63) is 53.6 Å². The fraction of sp³-hybridized carbons (Fsp3) is 0.125. The van der Waals surface area contributed by atoms with Gasteiger partial charge < -0.3 is 4.74 Å². The van der Waals surface area contributed by atoms with Crippen LogP contribution in [0.15, 0.2) is 42.5 Å². The van der Waals surface area contributed by atoms with Crippen molar-refractivity contribution in [2.75, 3.05) is 5.43 Å². The lowest BCUT2D eigenvalue weighted by Crippen LogP contribution is -2.11. The average molecular weight is 280 g/mol. The third-order valence-electron chi connectivity index (χ3n) is 3.46. The van der Waals surface area contributed by atoms with Crippen LogP contribution >= 0.6 is 0 Å². The summed E-state index contributed by atoms with van der Waals surface area (Å²) in [7, 11) is 0. The molecule has 0 bridgehead atoms. The summed E-state index contributed by atoms with van der Waals surface area (Å²) in [5.74, 6) is 7.02. The van der Waals surface area contributed by atoms with Crippen LogP contribution in [-0.4, -0.2) is 9.97 Å². The molecule has 0 fully saturated rings.